The number of benzene rings is 1. The van der Waals surface area contributed by atoms with Gasteiger partial charge in [0.1, 0.15) is 0 Å². The molecule has 100 valence electrons. The highest BCUT2D eigenvalue weighted by Crippen LogP contribution is 2.11. The van der Waals surface area contributed by atoms with Gasteiger partial charge in [-0.2, -0.15) is 0 Å². The zero-order valence-corrected chi connectivity index (χ0v) is 11.5. The Bertz CT molecular complexity index is 377. The van der Waals surface area contributed by atoms with Gasteiger partial charge in [-0.05, 0) is 50.5 Å². The molecule has 0 spiro atoms. The number of nitrogens with zero attached hydrogens (tertiary/aromatic N) is 1. The number of aryl methyl sites for hydroxylation is 1. The van der Waals surface area contributed by atoms with Crippen molar-refractivity contribution < 1.29 is 4.79 Å². The zero-order chi connectivity index (χ0) is 13.4. The first-order valence-electron chi connectivity index (χ1n) is 6.79. The van der Waals surface area contributed by atoms with Gasteiger partial charge in [0.15, 0.2) is 0 Å². The van der Waals surface area contributed by atoms with E-state index < -0.39 is 0 Å². The maximum Gasteiger partial charge on any atom is 0.248 e. The lowest BCUT2D eigenvalue weighted by atomic mass is 10.0. The van der Waals surface area contributed by atoms with E-state index in [0.717, 1.165) is 38.0 Å². The number of amides is 1. The molecule has 1 amide bonds. The molecule has 0 aliphatic rings. The molecule has 1 rings (SSSR count). The molecule has 0 heterocycles. The number of hydrogen-bond acceptors (Lipinski definition) is 2. The molecule has 3 heteroatoms. The molecular weight excluding hydrogens is 224 g/mol. The Hall–Kier alpha value is -1.35. The minimum absolute atomic E-state index is 0.327. The van der Waals surface area contributed by atoms with Crippen molar-refractivity contribution in [2.45, 2.75) is 33.1 Å². The zero-order valence-electron chi connectivity index (χ0n) is 11.5. The number of carbonyl (C=O) groups is 1. The van der Waals surface area contributed by atoms with Crippen LogP contribution in [0.3, 0.4) is 0 Å². The van der Waals surface area contributed by atoms with Crippen LogP contribution in [0.2, 0.25) is 0 Å². The molecule has 0 aromatic heterocycles. The molecule has 0 saturated carbocycles. The Kier molecular flexibility index (Phi) is 6.44. The van der Waals surface area contributed by atoms with Crippen molar-refractivity contribution in [2.24, 2.45) is 5.73 Å². The second kappa shape index (κ2) is 7.88. The molecule has 0 radical (unpaired) electrons. The first-order chi connectivity index (χ1) is 8.69. The van der Waals surface area contributed by atoms with Crippen LogP contribution in [0.25, 0.3) is 0 Å². The van der Waals surface area contributed by atoms with Gasteiger partial charge in [0.2, 0.25) is 5.91 Å². The van der Waals surface area contributed by atoms with E-state index in [0.29, 0.717) is 5.56 Å². The summed E-state index contributed by atoms with van der Waals surface area (Å²) in [6.45, 7) is 7.70. The van der Waals surface area contributed by atoms with Crippen LogP contribution in [-0.2, 0) is 6.42 Å². The topological polar surface area (TPSA) is 46.3 Å². The van der Waals surface area contributed by atoms with Crippen molar-refractivity contribution in [1.82, 2.24) is 4.90 Å². The van der Waals surface area contributed by atoms with Crippen LogP contribution in [-0.4, -0.2) is 30.4 Å². The number of primary amides is 1. The van der Waals surface area contributed by atoms with Crippen LogP contribution in [0.5, 0.6) is 0 Å². The lowest BCUT2D eigenvalue weighted by Crippen LogP contribution is -2.25. The van der Waals surface area contributed by atoms with E-state index >= 15 is 0 Å². The average molecular weight is 248 g/mol. The predicted octanol–water partition coefficient (Wildman–Crippen LogP) is 2.45. The third-order valence-electron chi connectivity index (χ3n) is 3.19. The molecule has 0 aliphatic carbocycles. The summed E-state index contributed by atoms with van der Waals surface area (Å²) in [6.07, 6.45) is 3.17. The van der Waals surface area contributed by atoms with Gasteiger partial charge in [-0.1, -0.05) is 32.0 Å². The standard InChI is InChI=1S/C15H24N2O/c1-3-11-17(4-2)12-7-9-13-8-5-6-10-14(13)15(16)18/h5-6,8,10H,3-4,7,9,11-12H2,1-2H3,(H2,16,18). The van der Waals surface area contributed by atoms with Gasteiger partial charge in [-0.25, -0.2) is 0 Å². The molecule has 0 bridgehead atoms. The Labute approximate surface area is 110 Å². The van der Waals surface area contributed by atoms with E-state index in [9.17, 15) is 4.79 Å². The Morgan fingerprint density at radius 2 is 1.94 bits per heavy atom. The maximum absolute atomic E-state index is 11.3. The van der Waals surface area contributed by atoms with E-state index in [2.05, 4.69) is 18.7 Å². The first-order valence-corrected chi connectivity index (χ1v) is 6.79. The fourth-order valence-electron chi connectivity index (χ4n) is 2.22. The van der Waals surface area contributed by atoms with Gasteiger partial charge >= 0.3 is 0 Å². The second-order valence-corrected chi connectivity index (χ2v) is 4.56. The van der Waals surface area contributed by atoms with E-state index in [1.165, 1.54) is 6.42 Å². The van der Waals surface area contributed by atoms with Crippen molar-refractivity contribution in [2.75, 3.05) is 19.6 Å². The molecular formula is C15H24N2O. The summed E-state index contributed by atoms with van der Waals surface area (Å²) >= 11 is 0. The summed E-state index contributed by atoms with van der Waals surface area (Å²) in [7, 11) is 0. The van der Waals surface area contributed by atoms with E-state index in [-0.39, 0.29) is 5.91 Å². The molecule has 2 N–H and O–H groups in total. The van der Waals surface area contributed by atoms with Gasteiger partial charge in [-0.15, -0.1) is 0 Å². The monoisotopic (exact) mass is 248 g/mol. The molecule has 18 heavy (non-hydrogen) atoms. The van der Waals surface area contributed by atoms with E-state index in [1.807, 2.05) is 18.2 Å². The smallest absolute Gasteiger partial charge is 0.248 e. The summed E-state index contributed by atoms with van der Waals surface area (Å²) in [5.74, 6) is -0.327. The largest absolute Gasteiger partial charge is 0.366 e. The van der Waals surface area contributed by atoms with Crippen LogP contribution < -0.4 is 5.73 Å². The fourth-order valence-corrected chi connectivity index (χ4v) is 2.22. The van der Waals surface area contributed by atoms with Crippen LogP contribution in [0.1, 0.15) is 42.6 Å². The summed E-state index contributed by atoms with van der Waals surface area (Å²) in [5.41, 5.74) is 7.10. The highest BCUT2D eigenvalue weighted by molar-refractivity contribution is 5.94. The molecule has 0 aliphatic heterocycles. The molecule has 1 aromatic carbocycles. The molecule has 0 atom stereocenters. The normalized spacial score (nSPS) is 10.8. The van der Waals surface area contributed by atoms with Gasteiger partial charge < -0.3 is 10.6 Å². The third kappa shape index (κ3) is 4.49. The second-order valence-electron chi connectivity index (χ2n) is 4.56. The Morgan fingerprint density at radius 3 is 2.56 bits per heavy atom. The molecule has 0 unspecified atom stereocenters. The van der Waals surface area contributed by atoms with Crippen molar-refractivity contribution in [1.29, 1.82) is 0 Å². The highest BCUT2D eigenvalue weighted by atomic mass is 16.1. The lowest BCUT2D eigenvalue weighted by molar-refractivity contribution is 0.0999. The molecule has 0 fully saturated rings. The number of hydrogen-bond donors (Lipinski definition) is 1. The summed E-state index contributed by atoms with van der Waals surface area (Å²) < 4.78 is 0. The van der Waals surface area contributed by atoms with E-state index in [4.69, 9.17) is 5.73 Å². The van der Waals surface area contributed by atoms with Crippen molar-refractivity contribution >= 4 is 5.91 Å². The number of nitrogens with two attached hydrogens (primary N) is 1. The van der Waals surface area contributed by atoms with Crippen LogP contribution in [0.15, 0.2) is 24.3 Å². The highest BCUT2D eigenvalue weighted by Gasteiger charge is 2.07. The Morgan fingerprint density at radius 1 is 1.22 bits per heavy atom. The molecule has 1 aromatic rings. The van der Waals surface area contributed by atoms with Gasteiger partial charge in [0, 0.05) is 5.56 Å². The minimum Gasteiger partial charge on any atom is -0.366 e. The number of carbonyl (C=O) groups excluding carboxylic acids is 1. The lowest BCUT2D eigenvalue weighted by Gasteiger charge is -2.19. The predicted molar refractivity (Wildman–Crippen MR) is 75.7 cm³/mol. The van der Waals surface area contributed by atoms with Gasteiger partial charge in [0.05, 0.1) is 0 Å². The fraction of sp³-hybridized carbons (Fsp3) is 0.533. The molecule has 0 saturated heterocycles. The van der Waals surface area contributed by atoms with Crippen molar-refractivity contribution in [3.63, 3.8) is 0 Å². The van der Waals surface area contributed by atoms with E-state index in [1.54, 1.807) is 6.07 Å². The van der Waals surface area contributed by atoms with Crippen molar-refractivity contribution in [3.8, 4) is 0 Å². The number of rotatable bonds is 8. The SMILES string of the molecule is CCCN(CC)CCCc1ccccc1C(N)=O. The third-order valence-corrected chi connectivity index (χ3v) is 3.19. The maximum atomic E-state index is 11.3. The van der Waals surface area contributed by atoms with Crippen LogP contribution in [0.4, 0.5) is 0 Å². The van der Waals surface area contributed by atoms with Gasteiger partial charge in [-0.3, -0.25) is 4.79 Å². The first kappa shape index (κ1) is 14.7. The quantitative estimate of drug-likeness (QED) is 0.768. The Balaban J connectivity index is 2.50. The summed E-state index contributed by atoms with van der Waals surface area (Å²) in [5, 5.41) is 0. The summed E-state index contributed by atoms with van der Waals surface area (Å²) in [4.78, 5) is 13.7. The van der Waals surface area contributed by atoms with Crippen molar-refractivity contribution in [3.05, 3.63) is 35.4 Å². The van der Waals surface area contributed by atoms with Gasteiger partial charge in [0.25, 0.3) is 0 Å². The molecule has 3 nitrogen and oxygen atoms in total. The van der Waals surface area contributed by atoms with Crippen LogP contribution >= 0.6 is 0 Å². The summed E-state index contributed by atoms with van der Waals surface area (Å²) in [6, 6.07) is 7.63. The van der Waals surface area contributed by atoms with Crippen LogP contribution in [0, 0.1) is 0 Å². The average Bonchev–Trinajstić information content (AvgIpc) is 2.38. The minimum atomic E-state index is -0.327.